The van der Waals surface area contributed by atoms with Crippen molar-refractivity contribution in [3.8, 4) is 22.4 Å². The molecule has 0 bridgehead atoms. The third-order valence-corrected chi connectivity index (χ3v) is 5.04. The third-order valence-electron chi connectivity index (χ3n) is 5.04. The zero-order chi connectivity index (χ0) is 17.7. The van der Waals surface area contributed by atoms with Crippen LogP contribution in [0, 0.1) is 6.92 Å². The van der Waals surface area contributed by atoms with Crippen LogP contribution in [-0.2, 0) is 0 Å². The fourth-order valence-electron chi connectivity index (χ4n) is 3.56. The van der Waals surface area contributed by atoms with Gasteiger partial charge in [-0.2, -0.15) is 9.61 Å². The molecule has 0 radical (unpaired) electrons. The molecule has 26 heavy (non-hydrogen) atoms. The molecule has 1 aliphatic rings. The molecular formula is C21H19N5. The van der Waals surface area contributed by atoms with Gasteiger partial charge in [0.15, 0.2) is 5.65 Å². The van der Waals surface area contributed by atoms with Crippen molar-refractivity contribution >= 4 is 11.5 Å². The van der Waals surface area contributed by atoms with E-state index in [2.05, 4.69) is 28.3 Å². The lowest BCUT2D eigenvalue weighted by Gasteiger charge is -2.10. The van der Waals surface area contributed by atoms with Crippen molar-refractivity contribution in [2.75, 3.05) is 5.73 Å². The normalized spacial score (nSPS) is 14.0. The van der Waals surface area contributed by atoms with E-state index in [9.17, 15) is 0 Å². The van der Waals surface area contributed by atoms with E-state index in [1.54, 1.807) is 4.52 Å². The number of hydrogen-bond donors (Lipinski definition) is 1. The van der Waals surface area contributed by atoms with Gasteiger partial charge in [-0.05, 0) is 31.7 Å². The van der Waals surface area contributed by atoms with Crippen LogP contribution in [0.5, 0.6) is 0 Å². The van der Waals surface area contributed by atoms with Crippen LogP contribution < -0.4 is 5.73 Å². The summed E-state index contributed by atoms with van der Waals surface area (Å²) in [5.74, 6) is 1.27. The van der Waals surface area contributed by atoms with E-state index >= 15 is 0 Å². The molecule has 1 fully saturated rings. The van der Waals surface area contributed by atoms with Crippen molar-refractivity contribution in [2.45, 2.75) is 25.7 Å². The van der Waals surface area contributed by atoms with Gasteiger partial charge < -0.3 is 5.73 Å². The van der Waals surface area contributed by atoms with E-state index in [1.165, 1.54) is 12.8 Å². The van der Waals surface area contributed by atoms with Gasteiger partial charge in [0.2, 0.25) is 0 Å². The number of benzene rings is 1. The van der Waals surface area contributed by atoms with Crippen LogP contribution in [0.3, 0.4) is 0 Å². The SMILES string of the molecule is Cc1nc2c(-c3ccc(-c4ccccc4)nc3)cnn2c(N)c1C1CC1. The highest BCUT2D eigenvalue weighted by atomic mass is 15.3. The number of nitrogen functional groups attached to an aromatic ring is 1. The van der Waals surface area contributed by atoms with Gasteiger partial charge in [-0.15, -0.1) is 0 Å². The van der Waals surface area contributed by atoms with E-state index in [0.717, 1.165) is 45.1 Å². The lowest BCUT2D eigenvalue weighted by Crippen LogP contribution is -2.07. The van der Waals surface area contributed by atoms with E-state index in [4.69, 9.17) is 10.7 Å². The van der Waals surface area contributed by atoms with Gasteiger partial charge in [0.1, 0.15) is 5.82 Å². The molecule has 0 aliphatic heterocycles. The van der Waals surface area contributed by atoms with Gasteiger partial charge in [0.05, 0.1) is 11.9 Å². The number of rotatable bonds is 3. The number of pyridine rings is 1. The topological polar surface area (TPSA) is 69.1 Å². The van der Waals surface area contributed by atoms with Gasteiger partial charge in [-0.25, -0.2) is 4.98 Å². The molecule has 0 spiro atoms. The smallest absolute Gasteiger partial charge is 0.165 e. The second-order valence-corrected chi connectivity index (χ2v) is 6.86. The Morgan fingerprint density at radius 3 is 2.50 bits per heavy atom. The Morgan fingerprint density at radius 1 is 1.00 bits per heavy atom. The van der Waals surface area contributed by atoms with Crippen LogP contribution in [0.1, 0.15) is 30.0 Å². The molecule has 5 rings (SSSR count). The average molecular weight is 341 g/mol. The van der Waals surface area contributed by atoms with E-state index in [0.29, 0.717) is 5.92 Å². The molecule has 0 saturated heterocycles. The van der Waals surface area contributed by atoms with Crippen molar-refractivity contribution in [1.29, 1.82) is 0 Å². The number of fused-ring (bicyclic) bond motifs is 1. The minimum absolute atomic E-state index is 0.548. The first-order valence-corrected chi connectivity index (χ1v) is 8.88. The van der Waals surface area contributed by atoms with Crippen molar-refractivity contribution in [1.82, 2.24) is 19.6 Å². The largest absolute Gasteiger partial charge is 0.383 e. The van der Waals surface area contributed by atoms with Crippen LogP contribution in [0.2, 0.25) is 0 Å². The first-order chi connectivity index (χ1) is 12.7. The molecule has 0 atom stereocenters. The van der Waals surface area contributed by atoms with E-state index in [1.807, 2.05) is 43.6 Å². The molecule has 128 valence electrons. The molecule has 0 unspecified atom stereocenters. The molecule has 2 N–H and O–H groups in total. The Hall–Kier alpha value is -3.21. The number of hydrogen-bond acceptors (Lipinski definition) is 4. The van der Waals surface area contributed by atoms with Crippen LogP contribution in [0.15, 0.2) is 54.9 Å². The summed E-state index contributed by atoms with van der Waals surface area (Å²) in [6, 6.07) is 14.2. The second-order valence-electron chi connectivity index (χ2n) is 6.86. The van der Waals surface area contributed by atoms with Crippen molar-refractivity contribution in [2.24, 2.45) is 0 Å². The Morgan fingerprint density at radius 2 is 1.81 bits per heavy atom. The number of aromatic nitrogens is 4. The summed E-state index contributed by atoms with van der Waals surface area (Å²) in [4.78, 5) is 9.42. The Bertz CT molecular complexity index is 1090. The Labute approximate surface area is 151 Å². The Kier molecular flexibility index (Phi) is 3.28. The maximum atomic E-state index is 6.40. The van der Waals surface area contributed by atoms with Crippen LogP contribution in [0.25, 0.3) is 28.0 Å². The highest BCUT2D eigenvalue weighted by Gasteiger charge is 2.30. The Balaban J connectivity index is 1.59. The number of aryl methyl sites for hydroxylation is 1. The molecule has 5 heteroatoms. The highest BCUT2D eigenvalue weighted by molar-refractivity contribution is 5.79. The fraction of sp³-hybridized carbons (Fsp3) is 0.190. The summed E-state index contributed by atoms with van der Waals surface area (Å²) in [6.45, 7) is 2.04. The minimum Gasteiger partial charge on any atom is -0.383 e. The van der Waals surface area contributed by atoms with Gasteiger partial charge in [0, 0.05) is 34.1 Å². The van der Waals surface area contributed by atoms with E-state index < -0.39 is 0 Å². The molecule has 3 aromatic heterocycles. The highest BCUT2D eigenvalue weighted by Crippen LogP contribution is 2.44. The van der Waals surface area contributed by atoms with Gasteiger partial charge in [0.25, 0.3) is 0 Å². The molecule has 1 aromatic carbocycles. The number of nitrogens with two attached hydrogens (primary N) is 1. The summed E-state index contributed by atoms with van der Waals surface area (Å²) < 4.78 is 1.76. The molecule has 3 heterocycles. The van der Waals surface area contributed by atoms with Crippen molar-refractivity contribution < 1.29 is 0 Å². The number of anilines is 1. The molecule has 0 amide bonds. The molecule has 1 saturated carbocycles. The minimum atomic E-state index is 0.548. The second kappa shape index (κ2) is 5.66. The fourth-order valence-corrected chi connectivity index (χ4v) is 3.56. The quantitative estimate of drug-likeness (QED) is 0.605. The summed E-state index contributed by atoms with van der Waals surface area (Å²) >= 11 is 0. The predicted molar refractivity (Wildman–Crippen MR) is 103 cm³/mol. The van der Waals surface area contributed by atoms with Gasteiger partial charge >= 0.3 is 0 Å². The van der Waals surface area contributed by atoms with Crippen molar-refractivity contribution in [3.05, 3.63) is 66.1 Å². The number of nitrogens with zero attached hydrogens (tertiary/aromatic N) is 4. The molecule has 5 nitrogen and oxygen atoms in total. The zero-order valence-corrected chi connectivity index (χ0v) is 14.6. The lowest BCUT2D eigenvalue weighted by atomic mass is 10.1. The molecule has 4 aromatic rings. The van der Waals surface area contributed by atoms with Crippen LogP contribution >= 0.6 is 0 Å². The average Bonchev–Trinajstić information content (AvgIpc) is 3.41. The maximum absolute atomic E-state index is 6.40. The first-order valence-electron chi connectivity index (χ1n) is 8.88. The van der Waals surface area contributed by atoms with Gasteiger partial charge in [-0.1, -0.05) is 36.4 Å². The predicted octanol–water partition coefficient (Wildman–Crippen LogP) is 4.23. The molecule has 1 aliphatic carbocycles. The summed E-state index contributed by atoms with van der Waals surface area (Å²) in [5.41, 5.74) is 13.3. The molecular weight excluding hydrogens is 322 g/mol. The monoisotopic (exact) mass is 341 g/mol. The van der Waals surface area contributed by atoms with Crippen LogP contribution in [-0.4, -0.2) is 19.6 Å². The first kappa shape index (κ1) is 15.1. The third kappa shape index (κ3) is 2.36. The van der Waals surface area contributed by atoms with Crippen LogP contribution in [0.4, 0.5) is 5.82 Å². The standard InChI is InChI=1S/C21H19N5/c1-13-19(15-7-8-15)20(22)26-21(25-13)17(12-24-26)16-9-10-18(23-11-16)14-5-3-2-4-6-14/h2-6,9-12,15H,7-8,22H2,1H3. The van der Waals surface area contributed by atoms with Crippen molar-refractivity contribution in [3.63, 3.8) is 0 Å². The summed E-state index contributed by atoms with van der Waals surface area (Å²) in [5, 5.41) is 4.49. The maximum Gasteiger partial charge on any atom is 0.165 e. The van der Waals surface area contributed by atoms with E-state index in [-0.39, 0.29) is 0 Å². The lowest BCUT2D eigenvalue weighted by molar-refractivity contribution is 0.905. The zero-order valence-electron chi connectivity index (χ0n) is 14.6. The summed E-state index contributed by atoms with van der Waals surface area (Å²) in [7, 11) is 0. The van der Waals surface area contributed by atoms with Gasteiger partial charge in [-0.3, -0.25) is 4.98 Å². The summed E-state index contributed by atoms with van der Waals surface area (Å²) in [6.07, 6.45) is 6.09.